The largest absolute Gasteiger partial charge is 0.299 e. The Morgan fingerprint density at radius 2 is 1.84 bits per heavy atom. The zero-order chi connectivity index (χ0) is 13.2. The van der Waals surface area contributed by atoms with Gasteiger partial charge in [0.15, 0.2) is 0 Å². The van der Waals surface area contributed by atoms with Gasteiger partial charge in [-0.2, -0.15) is 17.0 Å². The van der Waals surface area contributed by atoms with E-state index >= 15 is 0 Å². The van der Waals surface area contributed by atoms with Crippen LogP contribution in [0, 0.1) is 17.2 Å². The molecule has 2 aliphatic heterocycles. The molecule has 2 heterocycles. The van der Waals surface area contributed by atoms with Crippen molar-refractivity contribution in [2.75, 3.05) is 0 Å². The maximum absolute atomic E-state index is 12.4. The first-order valence-corrected chi connectivity index (χ1v) is 7.86. The highest BCUT2D eigenvalue weighted by Gasteiger charge is 2.37. The van der Waals surface area contributed by atoms with Gasteiger partial charge in [-0.3, -0.25) is 4.79 Å². The lowest BCUT2D eigenvalue weighted by Crippen LogP contribution is -2.25. The lowest BCUT2D eigenvalue weighted by Gasteiger charge is -2.26. The number of fused-ring (bicyclic) bond motifs is 2. The summed E-state index contributed by atoms with van der Waals surface area (Å²) in [5.74, 6) is 0.663. The van der Waals surface area contributed by atoms with E-state index in [9.17, 15) is 4.79 Å². The number of benzene rings is 1. The Hall–Kier alpha value is -1.27. The van der Waals surface area contributed by atoms with Gasteiger partial charge < -0.3 is 0 Å². The number of thioether (sulfide) groups is 1. The standard InChI is InChI=1S/C16H17NOS/c17-10-12-3-1-11(2-4-12)7-16(18)13-8-14-5-6-15(9-13)19-14/h1-4,13-15H,5-9H2. The van der Waals surface area contributed by atoms with Gasteiger partial charge in [0.05, 0.1) is 11.6 Å². The van der Waals surface area contributed by atoms with Crippen molar-refractivity contribution >= 4 is 17.5 Å². The van der Waals surface area contributed by atoms with Crippen molar-refractivity contribution < 1.29 is 4.79 Å². The number of Topliss-reactive ketones (excluding diaryl/α,β-unsaturated/α-hetero) is 1. The van der Waals surface area contributed by atoms with E-state index in [2.05, 4.69) is 17.8 Å². The highest BCUT2D eigenvalue weighted by molar-refractivity contribution is 8.00. The average Bonchev–Trinajstić information content (AvgIpc) is 2.78. The number of ketones is 1. The third kappa shape index (κ3) is 2.84. The Kier molecular flexibility index (Phi) is 3.61. The minimum Gasteiger partial charge on any atom is -0.299 e. The van der Waals surface area contributed by atoms with Crippen LogP contribution in [0.5, 0.6) is 0 Å². The summed E-state index contributed by atoms with van der Waals surface area (Å²) in [5.41, 5.74) is 1.69. The van der Waals surface area contributed by atoms with Gasteiger partial charge >= 0.3 is 0 Å². The van der Waals surface area contributed by atoms with Crippen molar-refractivity contribution in [1.29, 1.82) is 5.26 Å². The molecular weight excluding hydrogens is 254 g/mol. The van der Waals surface area contributed by atoms with Crippen LogP contribution in [0.25, 0.3) is 0 Å². The number of rotatable bonds is 3. The van der Waals surface area contributed by atoms with Crippen LogP contribution in [0.2, 0.25) is 0 Å². The molecule has 0 spiro atoms. The number of carbonyl (C=O) groups is 1. The van der Waals surface area contributed by atoms with Gasteiger partial charge in [0, 0.05) is 22.8 Å². The van der Waals surface area contributed by atoms with Crippen LogP contribution in [0.3, 0.4) is 0 Å². The number of nitrogens with zero attached hydrogens (tertiary/aromatic N) is 1. The minimum atomic E-state index is 0.273. The van der Waals surface area contributed by atoms with E-state index < -0.39 is 0 Å². The molecular formula is C16H17NOS. The molecule has 0 radical (unpaired) electrons. The fourth-order valence-corrected chi connectivity index (χ4v) is 4.94. The first kappa shape index (κ1) is 12.7. The molecule has 2 aliphatic rings. The van der Waals surface area contributed by atoms with Crippen molar-refractivity contribution in [2.45, 2.75) is 42.6 Å². The molecule has 2 unspecified atom stereocenters. The molecule has 19 heavy (non-hydrogen) atoms. The van der Waals surface area contributed by atoms with Crippen LogP contribution in [0.15, 0.2) is 24.3 Å². The van der Waals surface area contributed by atoms with E-state index in [4.69, 9.17) is 5.26 Å². The number of hydrogen-bond acceptors (Lipinski definition) is 3. The van der Waals surface area contributed by atoms with E-state index in [0.717, 1.165) is 28.9 Å². The molecule has 98 valence electrons. The van der Waals surface area contributed by atoms with Crippen LogP contribution < -0.4 is 0 Å². The topological polar surface area (TPSA) is 40.9 Å². The van der Waals surface area contributed by atoms with Crippen LogP contribution in [-0.2, 0) is 11.2 Å². The number of carbonyl (C=O) groups excluding carboxylic acids is 1. The van der Waals surface area contributed by atoms with E-state index in [0.29, 0.717) is 17.8 Å². The molecule has 0 aliphatic carbocycles. The molecule has 2 saturated heterocycles. The monoisotopic (exact) mass is 271 g/mol. The molecule has 2 bridgehead atoms. The summed E-state index contributed by atoms with van der Waals surface area (Å²) in [7, 11) is 0. The average molecular weight is 271 g/mol. The molecule has 2 nitrogen and oxygen atoms in total. The Morgan fingerprint density at radius 1 is 1.21 bits per heavy atom. The smallest absolute Gasteiger partial charge is 0.140 e. The van der Waals surface area contributed by atoms with E-state index in [1.54, 1.807) is 12.1 Å². The van der Waals surface area contributed by atoms with Crippen molar-refractivity contribution in [3.05, 3.63) is 35.4 Å². The second kappa shape index (κ2) is 5.38. The predicted molar refractivity (Wildman–Crippen MR) is 77.0 cm³/mol. The van der Waals surface area contributed by atoms with Gasteiger partial charge in [0.25, 0.3) is 0 Å². The van der Waals surface area contributed by atoms with Crippen LogP contribution in [0.1, 0.15) is 36.8 Å². The lowest BCUT2D eigenvalue weighted by molar-refractivity contribution is -0.122. The maximum Gasteiger partial charge on any atom is 0.140 e. The first-order chi connectivity index (χ1) is 9.24. The Morgan fingerprint density at radius 3 is 2.42 bits per heavy atom. The summed E-state index contributed by atoms with van der Waals surface area (Å²) in [5, 5.41) is 10.2. The lowest BCUT2D eigenvalue weighted by atomic mass is 9.90. The molecule has 2 atom stereocenters. The van der Waals surface area contributed by atoms with E-state index in [1.807, 2.05) is 12.1 Å². The maximum atomic E-state index is 12.4. The van der Waals surface area contributed by atoms with E-state index in [1.165, 1.54) is 12.8 Å². The van der Waals surface area contributed by atoms with Gasteiger partial charge in [-0.25, -0.2) is 0 Å². The van der Waals surface area contributed by atoms with Gasteiger partial charge in [-0.15, -0.1) is 0 Å². The summed E-state index contributed by atoms with van der Waals surface area (Å²) in [6, 6.07) is 9.50. The third-order valence-electron chi connectivity index (χ3n) is 4.21. The van der Waals surface area contributed by atoms with Crippen molar-refractivity contribution in [3.63, 3.8) is 0 Å². The fourth-order valence-electron chi connectivity index (χ4n) is 3.16. The molecule has 0 amide bonds. The number of nitriles is 1. The predicted octanol–water partition coefficient (Wildman–Crippen LogP) is 3.34. The quantitative estimate of drug-likeness (QED) is 0.846. The van der Waals surface area contributed by atoms with Crippen molar-refractivity contribution in [2.24, 2.45) is 5.92 Å². The van der Waals surface area contributed by atoms with Crippen LogP contribution in [-0.4, -0.2) is 16.3 Å². The SMILES string of the molecule is N#Cc1ccc(CC(=O)C2CC3CCC(C2)S3)cc1. The summed E-state index contributed by atoms with van der Waals surface area (Å²) in [6.45, 7) is 0. The van der Waals surface area contributed by atoms with Crippen LogP contribution in [0.4, 0.5) is 0 Å². The fraction of sp³-hybridized carbons (Fsp3) is 0.500. The molecule has 0 saturated carbocycles. The summed E-state index contributed by atoms with van der Waals surface area (Å²) in [6.07, 6.45) is 5.29. The molecule has 3 rings (SSSR count). The van der Waals surface area contributed by atoms with Gasteiger partial charge in [-0.1, -0.05) is 12.1 Å². The van der Waals surface area contributed by atoms with Gasteiger partial charge in [0.2, 0.25) is 0 Å². The molecule has 1 aromatic rings. The number of hydrogen-bond donors (Lipinski definition) is 0. The Bertz CT molecular complexity index is 505. The highest BCUT2D eigenvalue weighted by atomic mass is 32.2. The summed E-state index contributed by atoms with van der Waals surface area (Å²) < 4.78 is 0. The van der Waals surface area contributed by atoms with Crippen molar-refractivity contribution in [3.8, 4) is 6.07 Å². The summed E-state index contributed by atoms with van der Waals surface area (Å²) >= 11 is 2.10. The first-order valence-electron chi connectivity index (χ1n) is 6.92. The zero-order valence-corrected chi connectivity index (χ0v) is 11.7. The molecule has 0 N–H and O–H groups in total. The second-order valence-corrected chi connectivity index (χ2v) is 7.18. The van der Waals surface area contributed by atoms with Gasteiger partial charge in [0.1, 0.15) is 5.78 Å². The van der Waals surface area contributed by atoms with Gasteiger partial charge in [-0.05, 0) is 43.4 Å². The normalized spacial score (nSPS) is 28.9. The van der Waals surface area contributed by atoms with Crippen molar-refractivity contribution in [1.82, 2.24) is 0 Å². The van der Waals surface area contributed by atoms with E-state index in [-0.39, 0.29) is 5.92 Å². The summed E-state index contributed by atoms with van der Waals surface area (Å²) in [4.78, 5) is 12.4. The highest BCUT2D eigenvalue weighted by Crippen LogP contribution is 2.46. The second-order valence-electron chi connectivity index (χ2n) is 5.58. The van der Waals surface area contributed by atoms with Crippen LogP contribution >= 0.6 is 11.8 Å². The Balaban J connectivity index is 1.63. The minimum absolute atomic E-state index is 0.273. The zero-order valence-electron chi connectivity index (χ0n) is 10.8. The Labute approximate surface area is 118 Å². The molecule has 0 aromatic heterocycles. The third-order valence-corrected chi connectivity index (χ3v) is 5.83. The molecule has 1 aromatic carbocycles. The molecule has 3 heteroatoms. The molecule has 2 fully saturated rings.